The van der Waals surface area contributed by atoms with Gasteiger partial charge in [0.05, 0.1) is 11.2 Å². The predicted molar refractivity (Wildman–Crippen MR) is 132 cm³/mol. The summed E-state index contributed by atoms with van der Waals surface area (Å²) in [6.45, 7) is 0. The third kappa shape index (κ3) is 2.62. The van der Waals surface area contributed by atoms with E-state index in [0.29, 0.717) is 5.69 Å². The van der Waals surface area contributed by atoms with Crippen LogP contribution in [0.15, 0.2) is 103 Å². The molecule has 3 aromatic carbocycles. The molecule has 7 rings (SSSR count). The molecule has 6 nitrogen and oxygen atoms in total. The van der Waals surface area contributed by atoms with Crippen LogP contribution in [0.5, 0.6) is 5.75 Å². The average molecular weight is 441 g/mol. The summed E-state index contributed by atoms with van der Waals surface area (Å²) >= 11 is 0. The molecule has 4 heterocycles. The Morgan fingerprint density at radius 1 is 0.765 bits per heavy atom. The predicted octanol–water partition coefficient (Wildman–Crippen LogP) is 5.23. The van der Waals surface area contributed by atoms with Gasteiger partial charge in [0.15, 0.2) is 18.0 Å². The summed E-state index contributed by atoms with van der Waals surface area (Å²) in [7, 11) is 0. The zero-order chi connectivity index (χ0) is 22.6. The molecule has 0 aliphatic carbocycles. The number of fused-ring (bicyclic) bond motifs is 4. The van der Waals surface area contributed by atoms with E-state index in [4.69, 9.17) is 0 Å². The van der Waals surface area contributed by atoms with Gasteiger partial charge in [0, 0.05) is 28.0 Å². The molecule has 162 valence electrons. The fraction of sp³-hybridized carbons (Fsp3) is 0. The normalized spacial score (nSPS) is 11.6. The molecule has 34 heavy (non-hydrogen) atoms. The number of hydrogen-bond donors (Lipinski definition) is 2. The van der Waals surface area contributed by atoms with Crippen molar-refractivity contribution >= 4 is 33.0 Å². The number of pyridine rings is 1. The number of nitrogens with zero attached hydrogens (tertiary/aromatic N) is 4. The van der Waals surface area contributed by atoms with E-state index in [1.807, 2.05) is 76.0 Å². The summed E-state index contributed by atoms with van der Waals surface area (Å²) < 4.78 is 6.01. The van der Waals surface area contributed by atoms with Gasteiger partial charge in [-0.2, -0.15) is 0 Å². The number of phenolic OH excluding ortho intramolecular Hbond substituents is 1. The molecule has 4 aromatic heterocycles. The van der Waals surface area contributed by atoms with Crippen LogP contribution < -0.4 is 4.57 Å². The molecule has 0 saturated heterocycles. The van der Waals surface area contributed by atoms with Crippen molar-refractivity contribution in [2.75, 3.05) is 0 Å². The van der Waals surface area contributed by atoms with Crippen molar-refractivity contribution in [2.45, 2.75) is 0 Å². The minimum absolute atomic E-state index is 0.204. The lowest BCUT2D eigenvalue weighted by Crippen LogP contribution is -2.30. The van der Waals surface area contributed by atoms with Crippen molar-refractivity contribution in [3.8, 4) is 23.1 Å². The van der Waals surface area contributed by atoms with Gasteiger partial charge in [0.2, 0.25) is 0 Å². The molecular formula is C28H19N5O. The van der Waals surface area contributed by atoms with Crippen LogP contribution in [0, 0.1) is 6.33 Å². The molecule has 0 amide bonds. The summed E-state index contributed by atoms with van der Waals surface area (Å²) in [6.07, 6.45) is 5.24. The molecular weight excluding hydrogens is 422 g/mol. The van der Waals surface area contributed by atoms with E-state index in [2.05, 4.69) is 51.2 Å². The lowest BCUT2D eigenvalue weighted by atomic mass is 10.2. The molecule has 0 saturated carbocycles. The van der Waals surface area contributed by atoms with Gasteiger partial charge in [-0.25, -0.2) is 4.98 Å². The van der Waals surface area contributed by atoms with E-state index in [0.717, 1.165) is 44.6 Å². The Labute approximate surface area is 194 Å². The van der Waals surface area contributed by atoms with E-state index in [-0.39, 0.29) is 5.75 Å². The van der Waals surface area contributed by atoms with Crippen LogP contribution in [0.1, 0.15) is 0 Å². The number of imidazole rings is 1. The number of rotatable bonds is 3. The van der Waals surface area contributed by atoms with Gasteiger partial charge in [-0.1, -0.05) is 60.7 Å². The summed E-state index contributed by atoms with van der Waals surface area (Å²) in [5.41, 5.74) is 4.59. The SMILES string of the molecule is Oc1ccccc1-n1[c-][n+](-c2ccc(-n3c4ccccc4c4cccnc43)[nH]2)c2ccccc21. The molecule has 0 atom stereocenters. The van der Waals surface area contributed by atoms with Crippen molar-refractivity contribution in [3.05, 3.63) is 110 Å². The van der Waals surface area contributed by atoms with E-state index in [1.54, 1.807) is 6.07 Å². The fourth-order valence-electron chi connectivity index (χ4n) is 4.74. The topological polar surface area (TPSA) is 62.6 Å². The van der Waals surface area contributed by atoms with Gasteiger partial charge < -0.3 is 14.2 Å². The van der Waals surface area contributed by atoms with Crippen LogP contribution in [0.3, 0.4) is 0 Å². The van der Waals surface area contributed by atoms with Crippen LogP contribution in [-0.4, -0.2) is 24.2 Å². The molecule has 0 aliphatic heterocycles. The first kappa shape index (κ1) is 18.7. The summed E-state index contributed by atoms with van der Waals surface area (Å²) in [4.78, 5) is 8.24. The van der Waals surface area contributed by atoms with Crippen molar-refractivity contribution in [2.24, 2.45) is 0 Å². The first-order chi connectivity index (χ1) is 16.8. The fourth-order valence-corrected chi connectivity index (χ4v) is 4.74. The number of benzene rings is 3. The Balaban J connectivity index is 1.45. The van der Waals surface area contributed by atoms with E-state index < -0.39 is 0 Å². The zero-order valence-electron chi connectivity index (χ0n) is 18.1. The Bertz CT molecular complexity index is 1790. The lowest BCUT2D eigenvalue weighted by Gasteiger charge is -2.07. The van der Waals surface area contributed by atoms with Gasteiger partial charge in [0.25, 0.3) is 0 Å². The van der Waals surface area contributed by atoms with E-state index in [9.17, 15) is 5.11 Å². The van der Waals surface area contributed by atoms with Crippen LogP contribution in [0.25, 0.3) is 50.3 Å². The van der Waals surface area contributed by atoms with Crippen LogP contribution in [-0.2, 0) is 0 Å². The highest BCUT2D eigenvalue weighted by Crippen LogP contribution is 2.30. The summed E-state index contributed by atoms with van der Waals surface area (Å²) in [5.74, 6) is 1.98. The zero-order valence-corrected chi connectivity index (χ0v) is 18.1. The number of aromatic nitrogens is 5. The standard InChI is InChI=1S/C28H19N5O/c34-25-14-6-5-13-24(25)31-18-32(23-12-4-3-11-22(23)31)26-15-16-27(30-26)33-21-10-2-1-8-19(21)20-9-7-17-29-28(20)33/h1-17,30,34H. The van der Waals surface area contributed by atoms with Crippen molar-refractivity contribution < 1.29 is 9.67 Å². The molecule has 6 heteroatoms. The average Bonchev–Trinajstić information content (AvgIpc) is 3.58. The maximum Gasteiger partial charge on any atom is 0.198 e. The Kier molecular flexibility index (Phi) is 3.90. The Morgan fingerprint density at radius 2 is 1.53 bits per heavy atom. The van der Waals surface area contributed by atoms with Crippen LogP contribution in [0.2, 0.25) is 0 Å². The second kappa shape index (κ2) is 7.08. The molecule has 0 bridgehead atoms. The maximum absolute atomic E-state index is 10.5. The largest absolute Gasteiger partial charge is 0.512 e. The quantitative estimate of drug-likeness (QED) is 0.291. The number of H-pyrrole nitrogens is 1. The third-order valence-electron chi connectivity index (χ3n) is 6.26. The molecule has 0 fully saturated rings. The third-order valence-corrected chi connectivity index (χ3v) is 6.26. The van der Waals surface area contributed by atoms with Crippen molar-refractivity contribution in [1.82, 2.24) is 19.1 Å². The molecule has 0 spiro atoms. The highest BCUT2D eigenvalue weighted by Gasteiger charge is 2.17. The summed E-state index contributed by atoms with van der Waals surface area (Å²) in [6, 6.07) is 31.9. The van der Waals surface area contributed by atoms with Gasteiger partial charge in [-0.15, -0.1) is 0 Å². The number of hydrogen-bond acceptors (Lipinski definition) is 2. The lowest BCUT2D eigenvalue weighted by molar-refractivity contribution is -0.576. The number of aromatic hydroxyl groups is 1. The van der Waals surface area contributed by atoms with Gasteiger partial charge in [-0.05, 0) is 36.4 Å². The maximum atomic E-state index is 10.5. The van der Waals surface area contributed by atoms with Gasteiger partial charge in [-0.3, -0.25) is 9.55 Å². The minimum atomic E-state index is 0.204. The van der Waals surface area contributed by atoms with Gasteiger partial charge in [0.1, 0.15) is 11.4 Å². The van der Waals surface area contributed by atoms with E-state index >= 15 is 0 Å². The smallest absolute Gasteiger partial charge is 0.198 e. The van der Waals surface area contributed by atoms with Crippen LogP contribution in [0.4, 0.5) is 0 Å². The van der Waals surface area contributed by atoms with Crippen molar-refractivity contribution in [3.63, 3.8) is 0 Å². The second-order valence-electron chi connectivity index (χ2n) is 8.20. The Morgan fingerprint density at radius 3 is 2.44 bits per heavy atom. The molecule has 0 radical (unpaired) electrons. The van der Waals surface area contributed by atoms with Gasteiger partial charge >= 0.3 is 0 Å². The highest BCUT2D eigenvalue weighted by molar-refractivity contribution is 6.07. The first-order valence-corrected chi connectivity index (χ1v) is 11.1. The molecule has 0 unspecified atom stereocenters. The monoisotopic (exact) mass is 441 g/mol. The molecule has 0 aliphatic rings. The van der Waals surface area contributed by atoms with Crippen molar-refractivity contribution in [1.29, 1.82) is 0 Å². The number of phenols is 1. The number of aromatic amines is 1. The number of para-hydroxylation sites is 5. The molecule has 7 aromatic rings. The first-order valence-electron chi connectivity index (χ1n) is 11.1. The second-order valence-corrected chi connectivity index (χ2v) is 8.20. The van der Waals surface area contributed by atoms with E-state index in [1.165, 1.54) is 0 Å². The summed E-state index contributed by atoms with van der Waals surface area (Å²) in [5, 5.41) is 12.7. The Hall–Kier alpha value is -4.84. The number of nitrogens with one attached hydrogen (secondary N) is 1. The minimum Gasteiger partial charge on any atom is -0.512 e. The van der Waals surface area contributed by atoms with Crippen LogP contribution >= 0.6 is 0 Å². The highest BCUT2D eigenvalue weighted by atomic mass is 16.3. The molecule has 2 N–H and O–H groups in total.